The molecule has 1 aliphatic carbocycles. The van der Waals surface area contributed by atoms with Gasteiger partial charge >= 0.3 is 6.18 Å². The minimum absolute atomic E-state index is 0.111. The zero-order valence-electron chi connectivity index (χ0n) is 8.82. The number of fused-ring (bicyclic) bond motifs is 1. The molecule has 0 radical (unpaired) electrons. The first-order chi connectivity index (χ1) is 7.95. The minimum atomic E-state index is -4.52. The van der Waals surface area contributed by atoms with Gasteiger partial charge in [-0.2, -0.15) is 18.4 Å². The summed E-state index contributed by atoms with van der Waals surface area (Å²) in [6.07, 6.45) is -2.04. The summed E-state index contributed by atoms with van der Waals surface area (Å²) >= 11 is 4.81. The molecule has 0 saturated carbocycles. The Morgan fingerprint density at radius 3 is 2.47 bits per heavy atom. The predicted octanol–water partition coefficient (Wildman–Crippen LogP) is 3.51. The van der Waals surface area contributed by atoms with E-state index < -0.39 is 17.3 Å². The number of alkyl halides is 3. The van der Waals surface area contributed by atoms with Crippen LogP contribution >= 0.6 is 12.2 Å². The summed E-state index contributed by atoms with van der Waals surface area (Å²) in [5, 5.41) is 8.83. The van der Waals surface area contributed by atoms with Gasteiger partial charge in [0.15, 0.2) is 0 Å². The van der Waals surface area contributed by atoms with Gasteiger partial charge in [-0.1, -0.05) is 12.2 Å². The lowest BCUT2D eigenvalue weighted by Crippen LogP contribution is -2.18. The monoisotopic (exact) mass is 258 g/mol. The van der Waals surface area contributed by atoms with Crippen molar-refractivity contribution >= 4 is 12.2 Å². The number of H-pyrrole nitrogens is 1. The maximum Gasteiger partial charge on any atom is 0.418 e. The Balaban J connectivity index is 2.81. The van der Waals surface area contributed by atoms with Gasteiger partial charge in [0, 0.05) is 5.69 Å². The summed E-state index contributed by atoms with van der Waals surface area (Å²) in [6.45, 7) is 0. The van der Waals surface area contributed by atoms with Crippen molar-refractivity contribution < 1.29 is 13.2 Å². The second-order valence-corrected chi connectivity index (χ2v) is 4.39. The molecule has 0 aliphatic heterocycles. The third-order valence-corrected chi connectivity index (χ3v) is 3.21. The number of pyridine rings is 1. The number of nitriles is 1. The predicted molar refractivity (Wildman–Crippen MR) is 58.0 cm³/mol. The summed E-state index contributed by atoms with van der Waals surface area (Å²) in [5.41, 5.74) is -0.534. The number of nitrogens with one attached hydrogen (secondary N) is 1. The molecule has 2 rings (SSSR count). The van der Waals surface area contributed by atoms with Crippen molar-refractivity contribution in [3.05, 3.63) is 27.0 Å². The molecule has 0 bridgehead atoms. The first kappa shape index (κ1) is 12.1. The number of aromatic nitrogens is 1. The van der Waals surface area contributed by atoms with Crippen molar-refractivity contribution in [2.45, 2.75) is 31.9 Å². The van der Waals surface area contributed by atoms with Crippen molar-refractivity contribution in [3.8, 4) is 6.07 Å². The van der Waals surface area contributed by atoms with Crippen molar-refractivity contribution in [1.82, 2.24) is 4.98 Å². The second kappa shape index (κ2) is 4.15. The lowest BCUT2D eigenvalue weighted by Gasteiger charge is -2.21. The standard InChI is InChI=1S/C11H9F3N2S/c12-11(13,14)9-6-3-1-2-4-8(6)16-10(17)7(9)5-15/h1-4H2,(H,16,17). The van der Waals surface area contributed by atoms with E-state index in [0.717, 1.165) is 6.42 Å². The molecule has 1 aromatic heterocycles. The van der Waals surface area contributed by atoms with Crippen molar-refractivity contribution in [2.24, 2.45) is 0 Å². The number of halogens is 3. The third kappa shape index (κ3) is 2.07. The van der Waals surface area contributed by atoms with E-state index in [1.165, 1.54) is 0 Å². The lowest BCUT2D eigenvalue weighted by atomic mass is 9.90. The third-order valence-electron chi connectivity index (χ3n) is 2.91. The van der Waals surface area contributed by atoms with Crippen LogP contribution in [0.4, 0.5) is 13.2 Å². The van der Waals surface area contributed by atoms with Crippen LogP contribution in [0.5, 0.6) is 0 Å². The Kier molecular flexibility index (Phi) is 2.96. The second-order valence-electron chi connectivity index (χ2n) is 3.98. The van der Waals surface area contributed by atoms with Crippen LogP contribution < -0.4 is 0 Å². The first-order valence-corrected chi connectivity index (χ1v) is 5.61. The molecule has 1 heterocycles. The smallest absolute Gasteiger partial charge is 0.349 e. The van der Waals surface area contributed by atoms with Crippen LogP contribution in [-0.4, -0.2) is 4.98 Å². The molecule has 0 aromatic carbocycles. The molecule has 0 fully saturated rings. The van der Waals surface area contributed by atoms with E-state index in [1.54, 1.807) is 6.07 Å². The molecule has 1 aliphatic rings. The SMILES string of the molecule is N#Cc1c(C(F)(F)F)c2c([nH]c1=S)CCCC2. The molecule has 0 spiro atoms. The average molecular weight is 258 g/mol. The van der Waals surface area contributed by atoms with Crippen LogP contribution in [0.25, 0.3) is 0 Å². The Hall–Kier alpha value is -1.35. The number of hydrogen-bond acceptors (Lipinski definition) is 2. The number of aromatic amines is 1. The van der Waals surface area contributed by atoms with Gasteiger partial charge in [0.2, 0.25) is 0 Å². The summed E-state index contributed by atoms with van der Waals surface area (Å²) in [5.74, 6) is 0. The molecule has 0 atom stereocenters. The average Bonchev–Trinajstić information content (AvgIpc) is 2.25. The summed E-state index contributed by atoms with van der Waals surface area (Å²) in [6, 6.07) is 1.57. The van der Waals surface area contributed by atoms with Crippen LogP contribution in [0, 0.1) is 16.0 Å². The van der Waals surface area contributed by atoms with Gasteiger partial charge in [0.1, 0.15) is 10.7 Å². The van der Waals surface area contributed by atoms with E-state index in [1.807, 2.05) is 0 Å². The van der Waals surface area contributed by atoms with E-state index in [9.17, 15) is 13.2 Å². The zero-order valence-corrected chi connectivity index (χ0v) is 9.63. The fourth-order valence-electron chi connectivity index (χ4n) is 2.20. The van der Waals surface area contributed by atoms with Gasteiger partial charge in [0.05, 0.1) is 11.1 Å². The highest BCUT2D eigenvalue weighted by Gasteiger charge is 2.38. The number of hydrogen-bond donors (Lipinski definition) is 1. The van der Waals surface area contributed by atoms with Gasteiger partial charge in [0.25, 0.3) is 0 Å². The van der Waals surface area contributed by atoms with Crippen molar-refractivity contribution in [2.75, 3.05) is 0 Å². The molecule has 1 aromatic rings. The van der Waals surface area contributed by atoms with Crippen LogP contribution in [0.2, 0.25) is 0 Å². The first-order valence-electron chi connectivity index (χ1n) is 5.20. The van der Waals surface area contributed by atoms with E-state index in [2.05, 4.69) is 4.98 Å². The molecule has 0 amide bonds. The number of nitrogens with zero attached hydrogens (tertiary/aromatic N) is 1. The molecular weight excluding hydrogens is 249 g/mol. The van der Waals surface area contributed by atoms with Gasteiger partial charge in [-0.05, 0) is 31.2 Å². The molecule has 6 heteroatoms. The topological polar surface area (TPSA) is 39.6 Å². The zero-order chi connectivity index (χ0) is 12.6. The number of aryl methyl sites for hydroxylation is 1. The largest absolute Gasteiger partial charge is 0.418 e. The molecule has 90 valence electrons. The molecule has 1 N–H and O–H groups in total. The molecule has 2 nitrogen and oxygen atoms in total. The highest BCUT2D eigenvalue weighted by atomic mass is 32.1. The van der Waals surface area contributed by atoms with Crippen LogP contribution in [0.1, 0.15) is 35.2 Å². The Bertz CT molecular complexity index is 552. The molecule has 0 saturated heterocycles. The highest BCUT2D eigenvalue weighted by molar-refractivity contribution is 7.71. The van der Waals surface area contributed by atoms with Crippen LogP contribution in [-0.2, 0) is 19.0 Å². The van der Waals surface area contributed by atoms with Crippen LogP contribution in [0.3, 0.4) is 0 Å². The van der Waals surface area contributed by atoms with Gasteiger partial charge in [-0.25, -0.2) is 0 Å². The van der Waals surface area contributed by atoms with Gasteiger partial charge in [-0.3, -0.25) is 0 Å². The Labute approximate surface area is 101 Å². The molecular formula is C11H9F3N2S. The summed E-state index contributed by atoms with van der Waals surface area (Å²) in [7, 11) is 0. The normalized spacial score (nSPS) is 15.2. The fraction of sp³-hybridized carbons (Fsp3) is 0.455. The van der Waals surface area contributed by atoms with Gasteiger partial charge in [-0.15, -0.1) is 0 Å². The Morgan fingerprint density at radius 1 is 1.24 bits per heavy atom. The van der Waals surface area contributed by atoms with Crippen molar-refractivity contribution in [3.63, 3.8) is 0 Å². The maximum atomic E-state index is 13.0. The molecule has 0 unspecified atom stereocenters. The lowest BCUT2D eigenvalue weighted by molar-refractivity contribution is -0.138. The van der Waals surface area contributed by atoms with E-state index in [0.29, 0.717) is 25.0 Å². The van der Waals surface area contributed by atoms with E-state index in [4.69, 9.17) is 17.5 Å². The minimum Gasteiger partial charge on any atom is -0.349 e. The van der Waals surface area contributed by atoms with Gasteiger partial charge < -0.3 is 4.98 Å². The highest BCUT2D eigenvalue weighted by Crippen LogP contribution is 2.38. The quantitative estimate of drug-likeness (QED) is 0.723. The number of rotatable bonds is 0. The summed E-state index contributed by atoms with van der Waals surface area (Å²) < 4.78 is 38.9. The maximum absolute atomic E-state index is 13.0. The van der Waals surface area contributed by atoms with Crippen molar-refractivity contribution in [1.29, 1.82) is 5.26 Å². The van der Waals surface area contributed by atoms with Crippen LogP contribution in [0.15, 0.2) is 0 Å². The molecule has 17 heavy (non-hydrogen) atoms. The summed E-state index contributed by atoms with van der Waals surface area (Å²) in [4.78, 5) is 2.75. The van der Waals surface area contributed by atoms with E-state index in [-0.39, 0.29) is 10.2 Å². The Morgan fingerprint density at radius 2 is 1.88 bits per heavy atom. The fourth-order valence-corrected chi connectivity index (χ4v) is 2.47. The van der Waals surface area contributed by atoms with E-state index >= 15 is 0 Å².